The van der Waals surface area contributed by atoms with Gasteiger partial charge in [0.2, 0.25) is 0 Å². The highest BCUT2D eigenvalue weighted by molar-refractivity contribution is 5.61. The molecule has 138 valence electrons. The van der Waals surface area contributed by atoms with E-state index < -0.39 is 5.69 Å². The standard InChI is InChI=1S/C20H17N3O2.C2H6/c1-13-12-16(14-8-4-2-5-9-14)17-18(21-13)23(20(25)22-19(17)24)15-10-6-3-7-11-15;1-2/h2-12,16,21H,1H3,(H,22,24,25);1-2H3. The van der Waals surface area contributed by atoms with Gasteiger partial charge in [-0.3, -0.25) is 9.78 Å². The molecule has 0 saturated carbocycles. The molecule has 2 aromatic carbocycles. The van der Waals surface area contributed by atoms with E-state index in [-0.39, 0.29) is 11.5 Å². The molecular formula is C22H23N3O2. The quantitative estimate of drug-likeness (QED) is 0.725. The minimum Gasteiger partial charge on any atom is -0.345 e. The van der Waals surface area contributed by atoms with Crippen LogP contribution in [0.2, 0.25) is 0 Å². The van der Waals surface area contributed by atoms with Crippen molar-refractivity contribution >= 4 is 5.82 Å². The molecule has 1 unspecified atom stereocenters. The number of nitrogens with zero attached hydrogens (tertiary/aromatic N) is 1. The summed E-state index contributed by atoms with van der Waals surface area (Å²) in [7, 11) is 0. The fourth-order valence-corrected chi connectivity index (χ4v) is 3.27. The van der Waals surface area contributed by atoms with E-state index in [4.69, 9.17) is 0 Å². The number of fused-ring (bicyclic) bond motifs is 1. The van der Waals surface area contributed by atoms with E-state index in [1.807, 2.05) is 87.5 Å². The maximum atomic E-state index is 12.6. The van der Waals surface area contributed by atoms with Gasteiger partial charge in [-0.2, -0.15) is 0 Å². The number of para-hydroxylation sites is 1. The molecule has 5 nitrogen and oxygen atoms in total. The maximum Gasteiger partial charge on any atom is 0.334 e. The zero-order valence-corrected chi connectivity index (χ0v) is 15.7. The lowest BCUT2D eigenvalue weighted by Gasteiger charge is -2.26. The Morgan fingerprint density at radius 1 is 0.889 bits per heavy atom. The van der Waals surface area contributed by atoms with Crippen LogP contribution in [0.1, 0.15) is 37.8 Å². The predicted molar refractivity (Wildman–Crippen MR) is 110 cm³/mol. The van der Waals surface area contributed by atoms with Crippen molar-refractivity contribution in [3.63, 3.8) is 0 Å². The highest BCUT2D eigenvalue weighted by atomic mass is 16.2. The number of hydrogen-bond donors (Lipinski definition) is 2. The molecule has 0 amide bonds. The fourth-order valence-electron chi connectivity index (χ4n) is 3.27. The van der Waals surface area contributed by atoms with Gasteiger partial charge in [-0.1, -0.05) is 68.5 Å². The van der Waals surface area contributed by atoms with E-state index in [2.05, 4.69) is 10.3 Å². The first-order chi connectivity index (χ1) is 13.1. The Balaban J connectivity index is 0.00000102. The van der Waals surface area contributed by atoms with E-state index in [1.54, 1.807) is 0 Å². The van der Waals surface area contributed by atoms with Crippen LogP contribution in [0.3, 0.4) is 0 Å². The van der Waals surface area contributed by atoms with Crippen LogP contribution in [-0.2, 0) is 0 Å². The molecular weight excluding hydrogens is 338 g/mol. The third-order valence-electron chi connectivity index (χ3n) is 4.36. The average molecular weight is 361 g/mol. The van der Waals surface area contributed by atoms with Crippen molar-refractivity contribution in [2.45, 2.75) is 26.7 Å². The maximum absolute atomic E-state index is 12.6. The van der Waals surface area contributed by atoms with Crippen LogP contribution in [0.15, 0.2) is 82.0 Å². The Morgan fingerprint density at radius 3 is 2.11 bits per heavy atom. The Morgan fingerprint density at radius 2 is 1.48 bits per heavy atom. The molecule has 0 fully saturated rings. The molecule has 4 rings (SSSR count). The monoisotopic (exact) mass is 361 g/mol. The summed E-state index contributed by atoms with van der Waals surface area (Å²) in [5, 5.41) is 3.21. The van der Waals surface area contributed by atoms with Gasteiger partial charge in [-0.25, -0.2) is 9.36 Å². The van der Waals surface area contributed by atoms with Crippen molar-refractivity contribution in [2.24, 2.45) is 0 Å². The Kier molecular flexibility index (Phi) is 5.41. The molecule has 0 radical (unpaired) electrons. The molecule has 1 atom stereocenters. The van der Waals surface area contributed by atoms with Gasteiger partial charge in [0.1, 0.15) is 5.82 Å². The lowest BCUT2D eigenvalue weighted by atomic mass is 9.89. The molecule has 1 aliphatic rings. The number of hydrogen-bond acceptors (Lipinski definition) is 3. The molecule has 3 aromatic rings. The zero-order chi connectivity index (χ0) is 19.4. The zero-order valence-electron chi connectivity index (χ0n) is 15.7. The number of nitrogens with one attached hydrogen (secondary N) is 2. The van der Waals surface area contributed by atoms with Crippen LogP contribution in [0.5, 0.6) is 0 Å². The van der Waals surface area contributed by atoms with E-state index >= 15 is 0 Å². The van der Waals surface area contributed by atoms with Crippen LogP contribution in [-0.4, -0.2) is 9.55 Å². The fraction of sp³-hybridized carbons (Fsp3) is 0.182. The predicted octanol–water partition coefficient (Wildman–Crippen LogP) is 4.01. The SMILES string of the molecule is CC.CC1=CC(c2ccccc2)c2c(n(-c3ccccc3)c(=O)[nH]c2=O)N1. The minimum absolute atomic E-state index is 0.211. The largest absolute Gasteiger partial charge is 0.345 e. The summed E-state index contributed by atoms with van der Waals surface area (Å²) in [6.45, 7) is 5.93. The molecule has 2 N–H and O–H groups in total. The normalized spacial score (nSPS) is 14.9. The highest BCUT2D eigenvalue weighted by Gasteiger charge is 2.27. The number of benzene rings is 2. The molecule has 0 saturated heterocycles. The second-order valence-corrected chi connectivity index (χ2v) is 6.06. The van der Waals surface area contributed by atoms with Crippen LogP contribution < -0.4 is 16.6 Å². The van der Waals surface area contributed by atoms with Gasteiger partial charge in [-0.05, 0) is 24.6 Å². The summed E-state index contributed by atoms with van der Waals surface area (Å²) in [4.78, 5) is 27.6. The lowest BCUT2D eigenvalue weighted by Crippen LogP contribution is -2.36. The van der Waals surface area contributed by atoms with Crippen molar-refractivity contribution in [3.05, 3.63) is 104 Å². The van der Waals surface area contributed by atoms with Crippen LogP contribution in [0.25, 0.3) is 5.69 Å². The topological polar surface area (TPSA) is 66.9 Å². The van der Waals surface area contributed by atoms with Crippen LogP contribution in [0, 0.1) is 0 Å². The lowest BCUT2D eigenvalue weighted by molar-refractivity contribution is 0.832. The van der Waals surface area contributed by atoms with Gasteiger partial charge >= 0.3 is 5.69 Å². The van der Waals surface area contributed by atoms with Crippen molar-refractivity contribution in [1.29, 1.82) is 0 Å². The molecule has 27 heavy (non-hydrogen) atoms. The van der Waals surface area contributed by atoms with E-state index in [0.29, 0.717) is 17.1 Å². The first-order valence-corrected chi connectivity index (χ1v) is 9.10. The minimum atomic E-state index is -0.455. The smallest absolute Gasteiger partial charge is 0.334 e. The number of anilines is 1. The third kappa shape index (κ3) is 3.49. The van der Waals surface area contributed by atoms with Crippen LogP contribution >= 0.6 is 0 Å². The second kappa shape index (κ2) is 7.91. The Labute approximate surface area is 158 Å². The van der Waals surface area contributed by atoms with Crippen LogP contribution in [0.4, 0.5) is 5.82 Å². The number of allylic oxidation sites excluding steroid dienone is 2. The van der Waals surface area contributed by atoms with E-state index in [9.17, 15) is 9.59 Å². The average Bonchev–Trinajstić information content (AvgIpc) is 2.70. The van der Waals surface area contributed by atoms with Crippen molar-refractivity contribution < 1.29 is 0 Å². The summed E-state index contributed by atoms with van der Waals surface area (Å²) in [5.41, 5.74) is 2.33. The van der Waals surface area contributed by atoms with Gasteiger partial charge in [-0.15, -0.1) is 0 Å². The molecule has 0 aliphatic carbocycles. The van der Waals surface area contributed by atoms with Gasteiger partial charge in [0.15, 0.2) is 0 Å². The molecule has 2 heterocycles. The molecule has 1 aromatic heterocycles. The summed E-state index contributed by atoms with van der Waals surface area (Å²) in [6.07, 6.45) is 2.01. The Bertz CT molecular complexity index is 1060. The first-order valence-electron chi connectivity index (χ1n) is 9.10. The van der Waals surface area contributed by atoms with Gasteiger partial charge < -0.3 is 5.32 Å². The number of rotatable bonds is 2. The summed E-state index contributed by atoms with van der Waals surface area (Å²) >= 11 is 0. The van der Waals surface area contributed by atoms with Gasteiger partial charge in [0.05, 0.1) is 11.3 Å². The van der Waals surface area contributed by atoms with Gasteiger partial charge in [0.25, 0.3) is 5.56 Å². The van der Waals surface area contributed by atoms with Crippen molar-refractivity contribution in [3.8, 4) is 5.69 Å². The molecule has 0 spiro atoms. The Hall–Kier alpha value is -3.34. The van der Waals surface area contributed by atoms with Crippen molar-refractivity contribution in [2.75, 3.05) is 5.32 Å². The molecule has 5 heteroatoms. The molecule has 1 aliphatic heterocycles. The summed E-state index contributed by atoms with van der Waals surface area (Å²) in [5.74, 6) is 0.311. The molecule has 0 bridgehead atoms. The first kappa shape index (κ1) is 18.5. The number of H-pyrrole nitrogens is 1. The van der Waals surface area contributed by atoms with Crippen molar-refractivity contribution in [1.82, 2.24) is 9.55 Å². The number of aromatic amines is 1. The van der Waals surface area contributed by atoms with E-state index in [1.165, 1.54) is 4.57 Å². The second-order valence-electron chi connectivity index (χ2n) is 6.06. The summed E-state index contributed by atoms with van der Waals surface area (Å²) in [6, 6.07) is 19.1. The highest BCUT2D eigenvalue weighted by Crippen LogP contribution is 2.34. The van der Waals surface area contributed by atoms with E-state index in [0.717, 1.165) is 11.3 Å². The number of aromatic nitrogens is 2. The third-order valence-corrected chi connectivity index (χ3v) is 4.36. The van der Waals surface area contributed by atoms with Gasteiger partial charge in [0, 0.05) is 11.6 Å². The summed E-state index contributed by atoms with van der Waals surface area (Å²) < 4.78 is 1.52.